The number of hydrogen-bond acceptors (Lipinski definition) is 2. The number of benzene rings is 2. The van der Waals surface area contributed by atoms with Gasteiger partial charge in [-0.2, -0.15) is 0 Å². The molecule has 0 bridgehead atoms. The van der Waals surface area contributed by atoms with Gasteiger partial charge in [-0.15, -0.1) is 0 Å². The van der Waals surface area contributed by atoms with Crippen LogP contribution < -0.4 is 5.32 Å². The van der Waals surface area contributed by atoms with Crippen molar-refractivity contribution in [2.75, 3.05) is 13.7 Å². The van der Waals surface area contributed by atoms with Crippen LogP contribution in [0.3, 0.4) is 0 Å². The Labute approximate surface area is 122 Å². The van der Waals surface area contributed by atoms with Crippen LogP contribution in [-0.2, 0) is 4.74 Å². The Morgan fingerprint density at radius 2 is 1.85 bits per heavy atom. The minimum Gasteiger partial charge on any atom is -0.383 e. The van der Waals surface area contributed by atoms with Gasteiger partial charge in [-0.25, -0.2) is 0 Å². The second kappa shape index (κ2) is 7.41. The Kier molecular flexibility index (Phi) is 5.57. The maximum atomic E-state index is 5.32. The second-order valence-corrected chi connectivity index (χ2v) is 5.40. The Hall–Kier alpha value is -1.38. The highest BCUT2D eigenvalue weighted by molar-refractivity contribution is 5.86. The molecule has 0 aliphatic carbocycles. The first-order valence-corrected chi connectivity index (χ1v) is 7.49. The average molecular weight is 271 g/mol. The van der Waals surface area contributed by atoms with E-state index in [4.69, 9.17) is 4.74 Å². The highest BCUT2D eigenvalue weighted by Gasteiger charge is 2.14. The van der Waals surface area contributed by atoms with E-state index in [0.29, 0.717) is 12.1 Å². The summed E-state index contributed by atoms with van der Waals surface area (Å²) in [5.74, 6) is 0. The minimum atomic E-state index is 0.327. The van der Waals surface area contributed by atoms with E-state index in [1.54, 1.807) is 7.11 Å². The van der Waals surface area contributed by atoms with Crippen LogP contribution in [0, 0.1) is 0 Å². The molecule has 2 nitrogen and oxygen atoms in total. The highest BCUT2D eigenvalue weighted by atomic mass is 16.5. The fourth-order valence-electron chi connectivity index (χ4n) is 2.84. The molecule has 0 saturated carbocycles. The second-order valence-electron chi connectivity index (χ2n) is 5.40. The smallest absolute Gasteiger partial charge is 0.0616 e. The van der Waals surface area contributed by atoms with Gasteiger partial charge in [-0.1, -0.05) is 55.8 Å². The zero-order valence-corrected chi connectivity index (χ0v) is 12.7. The van der Waals surface area contributed by atoms with Crippen LogP contribution in [-0.4, -0.2) is 19.8 Å². The van der Waals surface area contributed by atoms with Gasteiger partial charge in [-0.05, 0) is 29.7 Å². The highest BCUT2D eigenvalue weighted by Crippen LogP contribution is 2.24. The molecule has 0 aliphatic rings. The molecule has 0 aliphatic heterocycles. The molecule has 0 aromatic heterocycles. The quantitative estimate of drug-likeness (QED) is 0.810. The maximum absolute atomic E-state index is 5.32. The van der Waals surface area contributed by atoms with Crippen molar-refractivity contribution in [3.8, 4) is 0 Å². The number of hydrogen-bond donors (Lipinski definition) is 1. The molecule has 2 atom stereocenters. The molecule has 0 amide bonds. The topological polar surface area (TPSA) is 21.3 Å². The van der Waals surface area contributed by atoms with E-state index < -0.39 is 0 Å². The predicted molar refractivity (Wildman–Crippen MR) is 86.1 cm³/mol. The van der Waals surface area contributed by atoms with Gasteiger partial charge < -0.3 is 10.1 Å². The molecule has 2 aromatic carbocycles. The van der Waals surface area contributed by atoms with Crippen molar-refractivity contribution in [3.05, 3.63) is 48.0 Å². The van der Waals surface area contributed by atoms with Crippen LogP contribution in [0.2, 0.25) is 0 Å². The summed E-state index contributed by atoms with van der Waals surface area (Å²) < 4.78 is 5.32. The summed E-state index contributed by atoms with van der Waals surface area (Å²) in [6.45, 7) is 5.22. The zero-order valence-electron chi connectivity index (χ0n) is 12.7. The van der Waals surface area contributed by atoms with E-state index in [1.807, 2.05) is 0 Å². The molecule has 0 heterocycles. The molecule has 2 rings (SSSR count). The fourth-order valence-corrected chi connectivity index (χ4v) is 2.84. The third-order valence-corrected chi connectivity index (χ3v) is 3.78. The van der Waals surface area contributed by atoms with E-state index in [-0.39, 0.29) is 0 Å². The Morgan fingerprint density at radius 3 is 2.60 bits per heavy atom. The molecule has 0 radical (unpaired) electrons. The van der Waals surface area contributed by atoms with Gasteiger partial charge in [0.15, 0.2) is 0 Å². The predicted octanol–water partition coefficient (Wildman–Crippen LogP) is 4.31. The SMILES string of the molecule is CCCC(COC)NC(C)c1cccc2ccccc12. The van der Waals surface area contributed by atoms with E-state index in [1.165, 1.54) is 22.8 Å². The fraction of sp³-hybridized carbons (Fsp3) is 0.444. The van der Waals surface area contributed by atoms with Gasteiger partial charge in [0.05, 0.1) is 6.61 Å². The number of methoxy groups -OCH3 is 1. The lowest BCUT2D eigenvalue weighted by atomic mass is 9.99. The molecule has 108 valence electrons. The molecular formula is C18H25NO. The summed E-state index contributed by atoms with van der Waals surface area (Å²) >= 11 is 0. The lowest BCUT2D eigenvalue weighted by Gasteiger charge is -2.23. The molecule has 2 heteroatoms. The van der Waals surface area contributed by atoms with Crippen LogP contribution in [0.1, 0.15) is 38.3 Å². The van der Waals surface area contributed by atoms with E-state index in [9.17, 15) is 0 Å². The Bertz CT molecular complexity index is 526. The van der Waals surface area contributed by atoms with Gasteiger partial charge in [0.25, 0.3) is 0 Å². The summed E-state index contributed by atoms with van der Waals surface area (Å²) in [7, 11) is 1.77. The number of ether oxygens (including phenoxy) is 1. The first-order chi connectivity index (χ1) is 9.76. The van der Waals surface area contributed by atoms with E-state index in [0.717, 1.165) is 13.0 Å². The van der Waals surface area contributed by atoms with E-state index in [2.05, 4.69) is 61.6 Å². The normalized spacial score (nSPS) is 14.3. The average Bonchev–Trinajstić information content (AvgIpc) is 2.47. The largest absolute Gasteiger partial charge is 0.383 e. The molecule has 2 aromatic rings. The van der Waals surface area contributed by atoms with Crippen molar-refractivity contribution in [2.45, 2.75) is 38.8 Å². The molecular weight excluding hydrogens is 246 g/mol. The van der Waals surface area contributed by atoms with Gasteiger partial charge in [-0.3, -0.25) is 0 Å². The van der Waals surface area contributed by atoms with Gasteiger partial charge >= 0.3 is 0 Å². The standard InChI is InChI=1S/C18H25NO/c1-4-8-16(13-20-3)19-14(2)17-12-7-10-15-9-5-6-11-18(15)17/h5-7,9-12,14,16,19H,4,8,13H2,1-3H3. The van der Waals surface area contributed by atoms with Gasteiger partial charge in [0.1, 0.15) is 0 Å². The van der Waals surface area contributed by atoms with Crippen LogP contribution in [0.15, 0.2) is 42.5 Å². The van der Waals surface area contributed by atoms with Gasteiger partial charge in [0, 0.05) is 19.2 Å². The molecule has 1 N–H and O–H groups in total. The number of rotatable bonds is 7. The van der Waals surface area contributed by atoms with Crippen LogP contribution in [0.25, 0.3) is 10.8 Å². The summed E-state index contributed by atoms with van der Waals surface area (Å²) in [5, 5.41) is 6.34. The Balaban J connectivity index is 2.20. The van der Waals surface area contributed by atoms with Crippen molar-refractivity contribution in [1.82, 2.24) is 5.32 Å². The number of fused-ring (bicyclic) bond motifs is 1. The third-order valence-electron chi connectivity index (χ3n) is 3.78. The van der Waals surface area contributed by atoms with Crippen LogP contribution >= 0.6 is 0 Å². The van der Waals surface area contributed by atoms with Crippen molar-refractivity contribution < 1.29 is 4.74 Å². The summed E-state index contributed by atoms with van der Waals surface area (Å²) in [6, 6.07) is 15.8. The Morgan fingerprint density at radius 1 is 1.10 bits per heavy atom. The van der Waals surface area contributed by atoms with Crippen molar-refractivity contribution in [3.63, 3.8) is 0 Å². The third kappa shape index (κ3) is 3.59. The maximum Gasteiger partial charge on any atom is 0.0616 e. The molecule has 2 unspecified atom stereocenters. The summed E-state index contributed by atoms with van der Waals surface area (Å²) in [5.41, 5.74) is 1.36. The lowest BCUT2D eigenvalue weighted by molar-refractivity contribution is 0.157. The molecule has 20 heavy (non-hydrogen) atoms. The monoisotopic (exact) mass is 271 g/mol. The molecule has 0 saturated heterocycles. The summed E-state index contributed by atoms with van der Waals surface area (Å²) in [4.78, 5) is 0. The zero-order chi connectivity index (χ0) is 14.4. The first-order valence-electron chi connectivity index (χ1n) is 7.49. The minimum absolute atomic E-state index is 0.327. The molecule has 0 spiro atoms. The molecule has 0 fully saturated rings. The van der Waals surface area contributed by atoms with Gasteiger partial charge in [0.2, 0.25) is 0 Å². The van der Waals surface area contributed by atoms with Crippen molar-refractivity contribution in [2.24, 2.45) is 0 Å². The lowest BCUT2D eigenvalue weighted by Crippen LogP contribution is -2.35. The van der Waals surface area contributed by atoms with E-state index >= 15 is 0 Å². The van der Waals surface area contributed by atoms with Crippen LogP contribution in [0.5, 0.6) is 0 Å². The van der Waals surface area contributed by atoms with Crippen LogP contribution in [0.4, 0.5) is 0 Å². The van der Waals surface area contributed by atoms with Crippen molar-refractivity contribution in [1.29, 1.82) is 0 Å². The summed E-state index contributed by atoms with van der Waals surface area (Å²) in [6.07, 6.45) is 2.31. The van der Waals surface area contributed by atoms with Crippen molar-refractivity contribution >= 4 is 10.8 Å². The first kappa shape index (κ1) is 15.0. The number of nitrogens with one attached hydrogen (secondary N) is 1.